The lowest BCUT2D eigenvalue weighted by atomic mass is 9.92. The van der Waals surface area contributed by atoms with E-state index in [0.717, 1.165) is 28.2 Å². The molecule has 29 heavy (non-hydrogen) atoms. The van der Waals surface area contributed by atoms with Gasteiger partial charge in [-0.1, -0.05) is 42.5 Å². The number of carbonyl (C=O) groups is 1. The quantitative estimate of drug-likeness (QED) is 0.659. The Morgan fingerprint density at radius 3 is 2.45 bits per heavy atom. The van der Waals surface area contributed by atoms with E-state index in [4.69, 9.17) is 0 Å². The number of Topliss-reactive ketones (excluding diaryl/α,β-unsaturated/α-hetero) is 1. The van der Waals surface area contributed by atoms with Gasteiger partial charge in [0.1, 0.15) is 4.21 Å². The van der Waals surface area contributed by atoms with Gasteiger partial charge in [-0.05, 0) is 48.6 Å². The molecule has 0 bridgehead atoms. The monoisotopic (exact) mass is 422 g/mol. The van der Waals surface area contributed by atoms with E-state index in [1.54, 1.807) is 35.7 Å². The first-order chi connectivity index (χ1) is 13.8. The van der Waals surface area contributed by atoms with Gasteiger partial charge in [0, 0.05) is 16.8 Å². The summed E-state index contributed by atoms with van der Waals surface area (Å²) in [4.78, 5) is 13.0. The first-order valence-corrected chi connectivity index (χ1v) is 11.3. The van der Waals surface area contributed by atoms with E-state index in [0.29, 0.717) is 11.1 Å². The van der Waals surface area contributed by atoms with Gasteiger partial charge in [-0.2, -0.15) is 12.8 Å². The van der Waals surface area contributed by atoms with Gasteiger partial charge in [0.25, 0.3) is 10.0 Å². The molecule has 0 unspecified atom stereocenters. The lowest BCUT2D eigenvalue weighted by molar-refractivity contribution is 0.103. The number of thiophene rings is 1. The molecular formula is C22H18N2O3S2. The summed E-state index contributed by atoms with van der Waals surface area (Å²) in [5.74, 6) is -0.200. The summed E-state index contributed by atoms with van der Waals surface area (Å²) in [5, 5.41) is 4.86. The van der Waals surface area contributed by atoms with E-state index in [9.17, 15) is 13.2 Å². The largest absolute Gasteiger partial charge is 0.352 e. The molecule has 146 valence electrons. The molecule has 0 aliphatic heterocycles. The molecule has 0 spiro atoms. The van der Waals surface area contributed by atoms with Crippen LogP contribution in [0.1, 0.15) is 27.0 Å². The van der Waals surface area contributed by atoms with Crippen LogP contribution in [0.2, 0.25) is 0 Å². The zero-order valence-corrected chi connectivity index (χ0v) is 17.5. The topological polar surface area (TPSA) is 75.6 Å². The van der Waals surface area contributed by atoms with Gasteiger partial charge in [0.2, 0.25) is 5.78 Å². The van der Waals surface area contributed by atoms with Crippen molar-refractivity contribution in [2.24, 2.45) is 4.40 Å². The number of aryl methyl sites for hydroxylation is 2. The van der Waals surface area contributed by atoms with Crippen LogP contribution in [0.3, 0.4) is 0 Å². The maximum Gasteiger partial charge on any atom is 0.292 e. The van der Waals surface area contributed by atoms with Crippen molar-refractivity contribution in [1.82, 2.24) is 0 Å². The average Bonchev–Trinajstić information content (AvgIpc) is 3.24. The van der Waals surface area contributed by atoms with Crippen LogP contribution < -0.4 is 5.32 Å². The highest BCUT2D eigenvalue weighted by atomic mass is 32.2. The Morgan fingerprint density at radius 2 is 1.72 bits per heavy atom. The number of benzene rings is 2. The van der Waals surface area contributed by atoms with Crippen molar-refractivity contribution in [2.45, 2.75) is 18.1 Å². The van der Waals surface area contributed by atoms with Crippen LogP contribution in [0.4, 0.5) is 5.69 Å². The van der Waals surface area contributed by atoms with Crippen LogP contribution in [-0.4, -0.2) is 19.9 Å². The number of fused-ring (bicyclic) bond motifs is 1. The van der Waals surface area contributed by atoms with Gasteiger partial charge in [-0.3, -0.25) is 4.79 Å². The predicted molar refractivity (Wildman–Crippen MR) is 116 cm³/mol. The Kier molecular flexibility index (Phi) is 4.94. The summed E-state index contributed by atoms with van der Waals surface area (Å²) < 4.78 is 29.6. The molecule has 2 aromatic carbocycles. The number of hydrogen-bond acceptors (Lipinski definition) is 5. The van der Waals surface area contributed by atoms with Gasteiger partial charge in [-0.15, -0.1) is 11.3 Å². The predicted octanol–water partition coefficient (Wildman–Crippen LogP) is 4.74. The number of allylic oxidation sites excluding steroid dienone is 2. The minimum atomic E-state index is -3.87. The highest BCUT2D eigenvalue weighted by molar-refractivity contribution is 7.92. The molecule has 3 aromatic rings. The molecule has 5 nitrogen and oxygen atoms in total. The molecule has 1 heterocycles. The zero-order valence-electron chi connectivity index (χ0n) is 15.8. The summed E-state index contributed by atoms with van der Waals surface area (Å²) in [5.41, 5.74) is 4.28. The van der Waals surface area contributed by atoms with Crippen LogP contribution in [0.15, 0.2) is 80.4 Å². The van der Waals surface area contributed by atoms with Crippen molar-refractivity contribution in [1.29, 1.82) is 0 Å². The number of rotatable bonds is 4. The molecule has 1 aliphatic rings. The number of nitrogens with zero attached hydrogens (tertiary/aromatic N) is 1. The molecule has 1 N–H and O–H groups in total. The van der Waals surface area contributed by atoms with Crippen molar-refractivity contribution < 1.29 is 13.2 Å². The summed E-state index contributed by atoms with van der Waals surface area (Å²) in [6.45, 7) is 3.91. The maximum atomic E-state index is 13.0. The molecule has 0 saturated carbocycles. The highest BCUT2D eigenvalue weighted by Crippen LogP contribution is 2.27. The minimum absolute atomic E-state index is 0.164. The van der Waals surface area contributed by atoms with Gasteiger partial charge in [0.05, 0.1) is 11.4 Å². The fraction of sp³-hybridized carbons (Fsp3) is 0.0909. The summed E-state index contributed by atoms with van der Waals surface area (Å²) in [6.07, 6.45) is 1.51. The lowest BCUT2D eigenvalue weighted by Crippen LogP contribution is -2.23. The molecule has 0 atom stereocenters. The Morgan fingerprint density at radius 1 is 0.966 bits per heavy atom. The number of sulfonamides is 1. The smallest absolute Gasteiger partial charge is 0.292 e. The van der Waals surface area contributed by atoms with Crippen molar-refractivity contribution in [2.75, 3.05) is 5.32 Å². The van der Waals surface area contributed by atoms with Gasteiger partial charge >= 0.3 is 0 Å². The minimum Gasteiger partial charge on any atom is -0.352 e. The number of anilines is 1. The molecule has 0 fully saturated rings. The standard InChI is InChI=1S/C22H18N2O3S2/c1-14-9-10-15(2)18(12-14)23-20-13-19(16-6-3-4-7-17(16)22(20)25)24-29(26,27)21-8-5-11-28-21/h3-13,23H,1-2H3/b24-19-. The number of carbonyl (C=O) groups excluding carboxylic acids is 1. The Bertz CT molecular complexity index is 1270. The van der Waals surface area contributed by atoms with Crippen LogP contribution in [-0.2, 0) is 10.0 Å². The van der Waals surface area contributed by atoms with Crippen LogP contribution in [0.5, 0.6) is 0 Å². The van der Waals surface area contributed by atoms with Crippen LogP contribution in [0.25, 0.3) is 0 Å². The average molecular weight is 423 g/mol. The first-order valence-electron chi connectivity index (χ1n) is 8.94. The molecule has 4 rings (SSSR count). The lowest BCUT2D eigenvalue weighted by Gasteiger charge is -2.19. The highest BCUT2D eigenvalue weighted by Gasteiger charge is 2.26. The number of ketones is 1. The molecule has 0 saturated heterocycles. The summed E-state index contributed by atoms with van der Waals surface area (Å²) in [7, 11) is -3.87. The third-order valence-corrected chi connectivity index (χ3v) is 7.27. The maximum absolute atomic E-state index is 13.0. The molecule has 7 heteroatoms. The summed E-state index contributed by atoms with van der Waals surface area (Å²) in [6, 6.07) is 16.0. The second-order valence-electron chi connectivity index (χ2n) is 6.76. The third-order valence-electron chi connectivity index (χ3n) is 4.60. The van der Waals surface area contributed by atoms with Crippen molar-refractivity contribution in [3.63, 3.8) is 0 Å². The van der Waals surface area contributed by atoms with E-state index < -0.39 is 10.0 Å². The van der Waals surface area contributed by atoms with Gasteiger partial charge in [0.15, 0.2) is 0 Å². The molecule has 0 amide bonds. The number of nitrogens with one attached hydrogen (secondary N) is 1. The Balaban J connectivity index is 1.84. The Hall–Kier alpha value is -3.03. The van der Waals surface area contributed by atoms with E-state index in [1.165, 1.54) is 12.1 Å². The number of hydrogen-bond donors (Lipinski definition) is 1. The van der Waals surface area contributed by atoms with E-state index in [2.05, 4.69) is 9.71 Å². The van der Waals surface area contributed by atoms with E-state index >= 15 is 0 Å². The van der Waals surface area contributed by atoms with Crippen molar-refractivity contribution in [3.05, 3.63) is 94.0 Å². The van der Waals surface area contributed by atoms with Crippen LogP contribution >= 0.6 is 11.3 Å². The van der Waals surface area contributed by atoms with Gasteiger partial charge in [-0.25, -0.2) is 0 Å². The van der Waals surface area contributed by atoms with Crippen molar-refractivity contribution in [3.8, 4) is 0 Å². The fourth-order valence-electron chi connectivity index (χ4n) is 3.10. The fourth-order valence-corrected chi connectivity index (χ4v) is 5.06. The third kappa shape index (κ3) is 3.79. The van der Waals surface area contributed by atoms with Crippen LogP contribution in [0, 0.1) is 13.8 Å². The second kappa shape index (κ2) is 7.42. The normalized spacial score (nSPS) is 15.2. The van der Waals surface area contributed by atoms with Crippen molar-refractivity contribution >= 4 is 38.5 Å². The summed E-state index contributed by atoms with van der Waals surface area (Å²) >= 11 is 1.11. The zero-order chi connectivity index (χ0) is 20.6. The SMILES string of the molecule is Cc1ccc(C)c(NC2=C/C(=N/S(=O)(=O)c3cccs3)c3ccccc3C2=O)c1. The van der Waals surface area contributed by atoms with Gasteiger partial charge < -0.3 is 5.32 Å². The molecule has 0 radical (unpaired) electrons. The van der Waals surface area contributed by atoms with E-state index in [-0.39, 0.29) is 21.4 Å². The molecule has 1 aromatic heterocycles. The van der Waals surface area contributed by atoms with E-state index in [1.807, 2.05) is 32.0 Å². The first kappa shape index (κ1) is 19.3. The second-order valence-corrected chi connectivity index (χ2v) is 9.54. The Labute approximate surface area is 173 Å². The molecular weight excluding hydrogens is 404 g/mol. The molecule has 1 aliphatic carbocycles.